The summed E-state index contributed by atoms with van der Waals surface area (Å²) < 4.78 is 5.28. The molecule has 0 aromatic carbocycles. The van der Waals surface area contributed by atoms with Crippen LogP contribution < -0.4 is 10.5 Å². The number of carbonyl (C=O) groups is 2. The molecule has 0 saturated carbocycles. The Morgan fingerprint density at radius 1 is 1.43 bits per heavy atom. The van der Waals surface area contributed by atoms with Crippen molar-refractivity contribution in [1.82, 2.24) is 4.98 Å². The summed E-state index contributed by atoms with van der Waals surface area (Å²) in [5.41, 5.74) is -1.81. The van der Waals surface area contributed by atoms with Crippen molar-refractivity contribution in [3.8, 4) is 6.07 Å². The minimum absolute atomic E-state index is 0.0460. The van der Waals surface area contributed by atoms with Crippen molar-refractivity contribution >= 4 is 17.8 Å². The number of anilines is 1. The van der Waals surface area contributed by atoms with E-state index in [2.05, 4.69) is 4.98 Å². The second-order valence-corrected chi connectivity index (χ2v) is 6.33. The third-order valence-corrected chi connectivity index (χ3v) is 3.31. The molecule has 1 aliphatic heterocycles. The number of hydrogen-bond donors (Lipinski definition) is 2. The first-order chi connectivity index (χ1) is 10.6. The Morgan fingerprint density at radius 2 is 2.04 bits per heavy atom. The topological polar surface area (TPSA) is 123 Å². The molecule has 0 bridgehead atoms. The summed E-state index contributed by atoms with van der Waals surface area (Å²) >= 11 is 0. The van der Waals surface area contributed by atoms with Gasteiger partial charge in [-0.1, -0.05) is 0 Å². The van der Waals surface area contributed by atoms with Gasteiger partial charge in [0.1, 0.15) is 23.1 Å². The molecule has 1 aromatic heterocycles. The van der Waals surface area contributed by atoms with E-state index >= 15 is 0 Å². The van der Waals surface area contributed by atoms with Crippen molar-refractivity contribution in [2.24, 2.45) is 5.92 Å². The van der Waals surface area contributed by atoms with E-state index in [1.54, 1.807) is 25.7 Å². The first-order valence-electron chi connectivity index (χ1n) is 7.01. The minimum atomic E-state index is -1.40. The number of aromatic nitrogens is 1. The van der Waals surface area contributed by atoms with Gasteiger partial charge in [-0.25, -0.2) is 4.79 Å². The van der Waals surface area contributed by atoms with Crippen molar-refractivity contribution in [1.29, 1.82) is 5.26 Å². The molecule has 1 saturated heterocycles. The van der Waals surface area contributed by atoms with Crippen LogP contribution in [0.3, 0.4) is 0 Å². The Labute approximate surface area is 132 Å². The van der Waals surface area contributed by atoms with Crippen molar-refractivity contribution in [3.63, 3.8) is 0 Å². The van der Waals surface area contributed by atoms with Crippen molar-refractivity contribution < 1.29 is 19.4 Å². The summed E-state index contributed by atoms with van der Waals surface area (Å²) in [4.78, 5) is 38.6. The molecular weight excluding hydrogens is 302 g/mol. The monoisotopic (exact) mass is 319 g/mol. The number of ether oxygens (including phenoxy) is 1. The molecule has 0 aliphatic carbocycles. The number of nitrogens with zero attached hydrogens (tertiary/aromatic N) is 2. The third kappa shape index (κ3) is 3.51. The van der Waals surface area contributed by atoms with Gasteiger partial charge >= 0.3 is 11.9 Å². The van der Waals surface area contributed by atoms with Crippen LogP contribution in [0.1, 0.15) is 36.7 Å². The van der Waals surface area contributed by atoms with Crippen LogP contribution >= 0.6 is 0 Å². The summed E-state index contributed by atoms with van der Waals surface area (Å²) in [5.74, 6) is -1.85. The van der Waals surface area contributed by atoms with E-state index < -0.39 is 22.7 Å². The lowest BCUT2D eigenvalue weighted by molar-refractivity contribution is -0.160. The van der Waals surface area contributed by atoms with Crippen LogP contribution in [0.2, 0.25) is 0 Å². The number of aromatic carboxylic acids is 1. The molecule has 2 rings (SSSR count). The number of carboxylic acids is 1. The molecule has 8 heteroatoms. The molecular formula is C15H17N3O5. The predicted octanol–water partition coefficient (Wildman–Crippen LogP) is 0.723. The Kier molecular flexibility index (Phi) is 4.14. The highest BCUT2D eigenvalue weighted by atomic mass is 16.6. The number of nitriles is 1. The molecule has 122 valence electrons. The minimum Gasteiger partial charge on any atom is -0.477 e. The molecule has 2 heterocycles. The maximum Gasteiger partial charge on any atom is 0.341 e. The maximum absolute atomic E-state index is 11.9. The summed E-state index contributed by atoms with van der Waals surface area (Å²) in [6.45, 7) is 5.92. The van der Waals surface area contributed by atoms with Crippen LogP contribution in [-0.2, 0) is 9.53 Å². The predicted molar refractivity (Wildman–Crippen MR) is 80.3 cm³/mol. The molecule has 1 aliphatic rings. The summed E-state index contributed by atoms with van der Waals surface area (Å²) in [6.07, 6.45) is 0. The molecule has 1 aromatic rings. The quantitative estimate of drug-likeness (QED) is 0.787. The van der Waals surface area contributed by atoms with E-state index in [4.69, 9.17) is 15.1 Å². The summed E-state index contributed by atoms with van der Waals surface area (Å²) in [7, 11) is 0. The summed E-state index contributed by atoms with van der Waals surface area (Å²) in [5, 5.41) is 18.0. The second kappa shape index (κ2) is 5.76. The fourth-order valence-electron chi connectivity index (χ4n) is 2.21. The van der Waals surface area contributed by atoms with E-state index in [1.165, 1.54) is 0 Å². The third-order valence-electron chi connectivity index (χ3n) is 3.31. The maximum atomic E-state index is 11.9. The molecule has 0 unspecified atom stereocenters. The van der Waals surface area contributed by atoms with Crippen molar-refractivity contribution in [3.05, 3.63) is 27.5 Å². The summed E-state index contributed by atoms with van der Waals surface area (Å²) in [6, 6.07) is 2.90. The zero-order chi connectivity index (χ0) is 17.4. The Hall–Kier alpha value is -2.82. The smallest absolute Gasteiger partial charge is 0.341 e. The number of aromatic amines is 1. The number of hydrogen-bond acceptors (Lipinski definition) is 6. The van der Waals surface area contributed by atoms with Gasteiger partial charge in [-0.15, -0.1) is 0 Å². The van der Waals surface area contributed by atoms with Gasteiger partial charge in [-0.2, -0.15) is 5.26 Å². The molecule has 8 nitrogen and oxygen atoms in total. The zero-order valence-corrected chi connectivity index (χ0v) is 13.0. The molecule has 0 spiro atoms. The van der Waals surface area contributed by atoms with Gasteiger partial charge < -0.3 is 19.7 Å². The lowest BCUT2D eigenvalue weighted by Gasteiger charge is -2.40. The lowest BCUT2D eigenvalue weighted by atomic mass is 9.99. The fraction of sp³-hybridized carbons (Fsp3) is 0.467. The van der Waals surface area contributed by atoms with E-state index in [1.807, 2.05) is 6.07 Å². The average Bonchev–Trinajstić information content (AvgIpc) is 2.34. The normalized spacial score (nSPS) is 14.8. The number of esters is 1. The fourth-order valence-corrected chi connectivity index (χ4v) is 2.21. The van der Waals surface area contributed by atoms with Gasteiger partial charge in [-0.05, 0) is 26.8 Å². The van der Waals surface area contributed by atoms with E-state index in [-0.39, 0.29) is 23.3 Å². The number of carboxylic acid groups (broad SMARTS) is 1. The molecule has 0 atom stereocenters. The van der Waals surface area contributed by atoms with Crippen LogP contribution in [0.15, 0.2) is 10.9 Å². The van der Waals surface area contributed by atoms with Gasteiger partial charge in [0.25, 0.3) is 5.56 Å². The number of nitrogens with one attached hydrogen (secondary N) is 1. The standard InChI is InChI=1S/C15H17N3O5/c1-15(2,3)23-14(22)9-6-18(7-9)11-8(5-16)4-10(13(20)21)12(19)17-11/h4,9H,6-7H2,1-3H3,(H,17,19)(H,20,21). The van der Waals surface area contributed by atoms with Gasteiger partial charge in [0.15, 0.2) is 0 Å². The first-order valence-corrected chi connectivity index (χ1v) is 7.01. The van der Waals surface area contributed by atoms with Gasteiger partial charge in [0.2, 0.25) is 0 Å². The highest BCUT2D eigenvalue weighted by molar-refractivity contribution is 5.88. The molecule has 0 radical (unpaired) electrons. The zero-order valence-electron chi connectivity index (χ0n) is 13.0. The van der Waals surface area contributed by atoms with Crippen molar-refractivity contribution in [2.45, 2.75) is 26.4 Å². The van der Waals surface area contributed by atoms with Crippen LogP contribution in [0.25, 0.3) is 0 Å². The average molecular weight is 319 g/mol. The van der Waals surface area contributed by atoms with E-state index in [0.717, 1.165) is 6.07 Å². The lowest BCUT2D eigenvalue weighted by Crippen LogP contribution is -2.53. The highest BCUT2D eigenvalue weighted by Crippen LogP contribution is 2.27. The number of rotatable bonds is 3. The van der Waals surface area contributed by atoms with E-state index in [9.17, 15) is 14.4 Å². The Balaban J connectivity index is 2.16. The Morgan fingerprint density at radius 3 is 2.52 bits per heavy atom. The van der Waals surface area contributed by atoms with Crippen LogP contribution in [0, 0.1) is 17.2 Å². The van der Waals surface area contributed by atoms with Gasteiger partial charge in [0.05, 0.1) is 11.5 Å². The van der Waals surface area contributed by atoms with Crippen LogP contribution in [0.5, 0.6) is 0 Å². The number of H-pyrrole nitrogens is 1. The number of pyridine rings is 1. The SMILES string of the molecule is CC(C)(C)OC(=O)C1CN(c2[nH]c(=O)c(C(=O)O)cc2C#N)C1. The van der Waals surface area contributed by atoms with Crippen LogP contribution in [0.4, 0.5) is 5.82 Å². The number of carbonyl (C=O) groups excluding carboxylic acids is 1. The molecule has 0 amide bonds. The molecule has 23 heavy (non-hydrogen) atoms. The molecule has 2 N–H and O–H groups in total. The highest BCUT2D eigenvalue weighted by Gasteiger charge is 2.37. The van der Waals surface area contributed by atoms with Gasteiger partial charge in [0, 0.05) is 13.1 Å². The largest absolute Gasteiger partial charge is 0.477 e. The Bertz CT molecular complexity index is 748. The van der Waals surface area contributed by atoms with Gasteiger partial charge in [-0.3, -0.25) is 9.59 Å². The van der Waals surface area contributed by atoms with E-state index in [0.29, 0.717) is 13.1 Å². The second-order valence-electron chi connectivity index (χ2n) is 6.33. The van der Waals surface area contributed by atoms with Crippen molar-refractivity contribution in [2.75, 3.05) is 18.0 Å². The molecule has 1 fully saturated rings. The van der Waals surface area contributed by atoms with Crippen LogP contribution in [-0.4, -0.2) is 40.7 Å². The first kappa shape index (κ1) is 16.5.